The van der Waals surface area contributed by atoms with Crippen molar-refractivity contribution >= 4 is 32.5 Å². The summed E-state index contributed by atoms with van der Waals surface area (Å²) in [6, 6.07) is 8.59. The maximum absolute atomic E-state index is 6.02. The van der Waals surface area contributed by atoms with Crippen LogP contribution in [0.2, 0.25) is 0 Å². The number of hydrogen-bond donors (Lipinski definition) is 1. The van der Waals surface area contributed by atoms with Crippen LogP contribution in [0.15, 0.2) is 34.9 Å². The molecule has 1 saturated heterocycles. The molecule has 2 atom stereocenters. The number of rotatable bonds is 2. The topological polar surface area (TPSA) is 42.1 Å². The highest BCUT2D eigenvalue weighted by Gasteiger charge is 2.26. The zero-order valence-corrected chi connectivity index (χ0v) is 12.6. The first-order chi connectivity index (χ1) is 9.16. The molecule has 1 aromatic heterocycles. The van der Waals surface area contributed by atoms with E-state index in [4.69, 9.17) is 5.73 Å². The van der Waals surface area contributed by atoms with Gasteiger partial charge in [0.1, 0.15) is 5.82 Å². The van der Waals surface area contributed by atoms with Gasteiger partial charge in [-0.2, -0.15) is 0 Å². The highest BCUT2D eigenvalue weighted by Crippen LogP contribution is 2.32. The molecule has 1 aromatic carbocycles. The second-order valence-electron chi connectivity index (χ2n) is 5.32. The van der Waals surface area contributed by atoms with E-state index in [0.29, 0.717) is 5.92 Å². The second-order valence-corrected chi connectivity index (χ2v) is 6.18. The van der Waals surface area contributed by atoms with Gasteiger partial charge < -0.3 is 10.6 Å². The Balaban J connectivity index is 2.00. The Morgan fingerprint density at radius 3 is 2.95 bits per heavy atom. The number of nitrogens with two attached hydrogens (primary N) is 1. The summed E-state index contributed by atoms with van der Waals surface area (Å²) in [5.41, 5.74) is 6.02. The van der Waals surface area contributed by atoms with Crippen molar-refractivity contribution in [1.29, 1.82) is 0 Å². The number of fused-ring (bicyclic) bond motifs is 1. The van der Waals surface area contributed by atoms with Crippen molar-refractivity contribution in [1.82, 2.24) is 4.98 Å². The lowest BCUT2D eigenvalue weighted by Crippen LogP contribution is -2.30. The summed E-state index contributed by atoms with van der Waals surface area (Å²) in [6.07, 6.45) is 3.05. The number of hydrogen-bond acceptors (Lipinski definition) is 3. The molecule has 0 amide bonds. The van der Waals surface area contributed by atoms with Gasteiger partial charge in [0.2, 0.25) is 0 Å². The summed E-state index contributed by atoms with van der Waals surface area (Å²) in [5.74, 6) is 1.66. The molecular formula is C15H18BrN3. The number of benzene rings is 1. The Bertz CT molecular complexity index is 597. The molecular weight excluding hydrogens is 302 g/mol. The zero-order valence-electron chi connectivity index (χ0n) is 11.0. The van der Waals surface area contributed by atoms with Crippen molar-refractivity contribution in [3.63, 3.8) is 0 Å². The van der Waals surface area contributed by atoms with E-state index in [2.05, 4.69) is 57.0 Å². The van der Waals surface area contributed by atoms with Crippen molar-refractivity contribution in [3.05, 3.63) is 34.9 Å². The molecule has 2 aromatic rings. The van der Waals surface area contributed by atoms with Crippen molar-refractivity contribution in [2.45, 2.75) is 19.4 Å². The summed E-state index contributed by atoms with van der Waals surface area (Å²) in [5, 5.41) is 2.43. The van der Waals surface area contributed by atoms with Crippen LogP contribution in [0.3, 0.4) is 0 Å². The number of aromatic nitrogens is 1. The Morgan fingerprint density at radius 2 is 2.21 bits per heavy atom. The van der Waals surface area contributed by atoms with Crippen LogP contribution >= 0.6 is 15.9 Å². The van der Waals surface area contributed by atoms with Gasteiger partial charge in [-0.05, 0) is 31.4 Å². The standard InChI is InChI=1S/C15H18BrN3/c1-10(17)11-6-8-19(9-11)15-13-3-2-4-14(16)12(13)5-7-18-15/h2-5,7,10-11H,6,8-9,17H2,1H3. The van der Waals surface area contributed by atoms with Gasteiger partial charge in [0.25, 0.3) is 0 Å². The van der Waals surface area contributed by atoms with Gasteiger partial charge in [-0.3, -0.25) is 0 Å². The van der Waals surface area contributed by atoms with E-state index >= 15 is 0 Å². The predicted molar refractivity (Wildman–Crippen MR) is 83.4 cm³/mol. The van der Waals surface area contributed by atoms with Gasteiger partial charge in [-0.25, -0.2) is 4.98 Å². The molecule has 0 radical (unpaired) electrons. The zero-order chi connectivity index (χ0) is 13.4. The van der Waals surface area contributed by atoms with Gasteiger partial charge in [0, 0.05) is 40.6 Å². The van der Waals surface area contributed by atoms with E-state index in [9.17, 15) is 0 Å². The molecule has 1 fully saturated rings. The van der Waals surface area contributed by atoms with Crippen LogP contribution in [0.1, 0.15) is 13.3 Å². The van der Waals surface area contributed by atoms with E-state index in [0.717, 1.165) is 29.8 Å². The first-order valence-corrected chi connectivity index (χ1v) is 7.50. The Labute approximate surface area is 121 Å². The molecule has 0 spiro atoms. The Morgan fingerprint density at radius 1 is 1.37 bits per heavy atom. The van der Waals surface area contributed by atoms with E-state index in [1.54, 1.807) is 0 Å². The van der Waals surface area contributed by atoms with Gasteiger partial charge >= 0.3 is 0 Å². The van der Waals surface area contributed by atoms with E-state index < -0.39 is 0 Å². The van der Waals surface area contributed by atoms with Crippen LogP contribution in [-0.4, -0.2) is 24.1 Å². The largest absolute Gasteiger partial charge is 0.356 e. The summed E-state index contributed by atoms with van der Waals surface area (Å²) in [4.78, 5) is 6.95. The molecule has 4 heteroatoms. The number of nitrogens with zero attached hydrogens (tertiary/aromatic N) is 2. The molecule has 0 bridgehead atoms. The highest BCUT2D eigenvalue weighted by atomic mass is 79.9. The smallest absolute Gasteiger partial charge is 0.136 e. The lowest BCUT2D eigenvalue weighted by molar-refractivity contribution is 0.488. The van der Waals surface area contributed by atoms with Crippen molar-refractivity contribution in [3.8, 4) is 0 Å². The molecule has 3 nitrogen and oxygen atoms in total. The average molecular weight is 320 g/mol. The molecule has 2 heterocycles. The minimum atomic E-state index is 0.256. The molecule has 0 saturated carbocycles. The molecule has 1 aliphatic rings. The van der Waals surface area contributed by atoms with E-state index in [1.807, 2.05) is 6.20 Å². The van der Waals surface area contributed by atoms with Gasteiger partial charge in [0.15, 0.2) is 0 Å². The van der Waals surface area contributed by atoms with Gasteiger partial charge in [0.05, 0.1) is 0 Å². The number of pyridine rings is 1. The molecule has 1 aliphatic heterocycles. The highest BCUT2D eigenvalue weighted by molar-refractivity contribution is 9.10. The summed E-state index contributed by atoms with van der Waals surface area (Å²) in [6.45, 7) is 4.16. The molecule has 2 N–H and O–H groups in total. The lowest BCUT2D eigenvalue weighted by Gasteiger charge is -2.20. The third kappa shape index (κ3) is 2.35. The fraction of sp³-hybridized carbons (Fsp3) is 0.400. The van der Waals surface area contributed by atoms with E-state index in [-0.39, 0.29) is 6.04 Å². The lowest BCUT2D eigenvalue weighted by atomic mass is 10.0. The maximum atomic E-state index is 6.02. The maximum Gasteiger partial charge on any atom is 0.136 e. The fourth-order valence-electron chi connectivity index (χ4n) is 2.81. The number of anilines is 1. The summed E-state index contributed by atoms with van der Waals surface area (Å²) >= 11 is 3.61. The summed E-state index contributed by atoms with van der Waals surface area (Å²) in [7, 11) is 0. The normalized spacial score (nSPS) is 21.0. The molecule has 3 rings (SSSR count). The van der Waals surface area contributed by atoms with Crippen LogP contribution in [-0.2, 0) is 0 Å². The third-order valence-electron chi connectivity index (χ3n) is 4.00. The molecule has 2 unspecified atom stereocenters. The van der Waals surface area contributed by atoms with Crippen LogP contribution in [0.25, 0.3) is 10.8 Å². The van der Waals surface area contributed by atoms with Crippen LogP contribution in [0.5, 0.6) is 0 Å². The van der Waals surface area contributed by atoms with Gasteiger partial charge in [-0.15, -0.1) is 0 Å². The third-order valence-corrected chi connectivity index (χ3v) is 4.69. The first-order valence-electron chi connectivity index (χ1n) is 6.70. The van der Waals surface area contributed by atoms with E-state index in [1.165, 1.54) is 10.8 Å². The van der Waals surface area contributed by atoms with Gasteiger partial charge in [-0.1, -0.05) is 28.1 Å². The SMILES string of the molecule is CC(N)C1CCN(c2nccc3c(Br)cccc23)C1. The minimum absolute atomic E-state index is 0.256. The quantitative estimate of drug-likeness (QED) is 0.924. The number of halogens is 1. The van der Waals surface area contributed by atoms with Crippen molar-refractivity contribution in [2.24, 2.45) is 11.7 Å². The average Bonchev–Trinajstić information content (AvgIpc) is 2.88. The molecule has 100 valence electrons. The molecule has 0 aliphatic carbocycles. The monoisotopic (exact) mass is 319 g/mol. The fourth-order valence-corrected chi connectivity index (χ4v) is 3.31. The molecule has 19 heavy (non-hydrogen) atoms. The van der Waals surface area contributed by atoms with Crippen molar-refractivity contribution < 1.29 is 0 Å². The van der Waals surface area contributed by atoms with Crippen LogP contribution < -0.4 is 10.6 Å². The Kier molecular flexibility index (Phi) is 3.46. The Hall–Kier alpha value is -1.13. The van der Waals surface area contributed by atoms with Crippen LogP contribution in [0.4, 0.5) is 5.82 Å². The summed E-state index contributed by atoms with van der Waals surface area (Å²) < 4.78 is 1.12. The minimum Gasteiger partial charge on any atom is -0.356 e. The predicted octanol–water partition coefficient (Wildman–Crippen LogP) is 3.17. The van der Waals surface area contributed by atoms with Crippen molar-refractivity contribution in [2.75, 3.05) is 18.0 Å². The van der Waals surface area contributed by atoms with Crippen LogP contribution in [0, 0.1) is 5.92 Å². The first kappa shape index (κ1) is 12.9. The second kappa shape index (κ2) is 5.10.